The van der Waals surface area contributed by atoms with Gasteiger partial charge in [0.25, 0.3) is 11.8 Å². The highest BCUT2D eigenvalue weighted by Gasteiger charge is 2.76. The third-order valence-corrected chi connectivity index (χ3v) is 10.4. The molecule has 1 aromatic carbocycles. The Bertz CT molecular complexity index is 945. The molecule has 1 spiro atoms. The first-order chi connectivity index (χ1) is 13.6. The van der Waals surface area contributed by atoms with Crippen LogP contribution >= 0.6 is 37.5 Å². The van der Waals surface area contributed by atoms with E-state index < -0.39 is 27.2 Å². The number of esters is 1. The highest BCUT2D eigenvalue weighted by Crippen LogP contribution is 2.70. The van der Waals surface area contributed by atoms with Crippen LogP contribution in [0, 0.1) is 5.41 Å². The number of fused-ring (bicyclic) bond motifs is 2. The van der Waals surface area contributed by atoms with Crippen molar-refractivity contribution in [2.45, 2.75) is 36.1 Å². The summed E-state index contributed by atoms with van der Waals surface area (Å²) in [6, 6.07) is 4.75. The number of ether oxygens (including phenoxy) is 2. The fourth-order valence-corrected chi connectivity index (χ4v) is 8.58. The Hall–Kier alpha value is -1.39. The fraction of sp³-hybridized carbons (Fsp3) is 0.526. The predicted octanol–water partition coefficient (Wildman–Crippen LogP) is 3.19. The maximum atomic E-state index is 13.7. The summed E-state index contributed by atoms with van der Waals surface area (Å²) >= 11 is 3.48. The lowest BCUT2D eigenvalue weighted by Crippen LogP contribution is -2.73. The maximum absolute atomic E-state index is 13.7. The number of halogens is 1. The summed E-state index contributed by atoms with van der Waals surface area (Å²) in [7, 11) is 7.25. The van der Waals surface area contributed by atoms with Gasteiger partial charge < -0.3 is 19.3 Å². The molecule has 4 saturated heterocycles. The number of methoxy groups -OCH3 is 2. The fourth-order valence-electron chi connectivity index (χ4n) is 4.62. The van der Waals surface area contributed by atoms with Crippen LogP contribution in [0.2, 0.25) is 0 Å². The first-order valence-electron chi connectivity index (χ1n) is 8.97. The zero-order chi connectivity index (χ0) is 21.4. The summed E-state index contributed by atoms with van der Waals surface area (Å²) in [5.41, 5.74) is -0.463. The van der Waals surface area contributed by atoms with Crippen LogP contribution in [0.4, 0.5) is 0 Å². The van der Waals surface area contributed by atoms with Gasteiger partial charge in [0.2, 0.25) is 0 Å². The Labute approximate surface area is 185 Å². The number of nitrogens with zero attached hydrogens (tertiary/aromatic N) is 2. The van der Waals surface area contributed by atoms with E-state index in [4.69, 9.17) is 9.47 Å². The second-order valence-electron chi connectivity index (χ2n) is 7.85. The van der Waals surface area contributed by atoms with Crippen molar-refractivity contribution in [1.29, 1.82) is 0 Å². The van der Waals surface area contributed by atoms with E-state index in [0.29, 0.717) is 11.3 Å². The van der Waals surface area contributed by atoms with Crippen LogP contribution in [0.3, 0.4) is 0 Å². The molecule has 4 aliphatic rings. The van der Waals surface area contributed by atoms with Crippen LogP contribution in [0.25, 0.3) is 0 Å². The SMILES string of the molecule is COC(=O)[C@@]1(C)C[C@@]23SSC(C)(C(=O)N2C1c1cc(Br)ccc1OC)N(C)C3=O. The van der Waals surface area contributed by atoms with Gasteiger partial charge in [-0.05, 0) is 32.0 Å². The van der Waals surface area contributed by atoms with E-state index in [1.54, 1.807) is 39.0 Å². The summed E-state index contributed by atoms with van der Waals surface area (Å²) in [6.07, 6.45) is 0.162. The summed E-state index contributed by atoms with van der Waals surface area (Å²) in [4.78, 5) is 41.1. The van der Waals surface area contributed by atoms with Crippen molar-refractivity contribution < 1.29 is 23.9 Å². The zero-order valence-corrected chi connectivity index (χ0v) is 19.9. The van der Waals surface area contributed by atoms with Gasteiger partial charge in [0, 0.05) is 23.5 Å². The lowest BCUT2D eigenvalue weighted by Gasteiger charge is -2.57. The van der Waals surface area contributed by atoms with Gasteiger partial charge in [-0.25, -0.2) is 0 Å². The molecule has 156 valence electrons. The summed E-state index contributed by atoms with van der Waals surface area (Å²) < 4.78 is 11.5. The topological polar surface area (TPSA) is 76.2 Å². The minimum atomic E-state index is -1.17. The van der Waals surface area contributed by atoms with Crippen LogP contribution in [-0.2, 0) is 19.1 Å². The number of hydrogen-bond acceptors (Lipinski definition) is 7. The van der Waals surface area contributed by atoms with Crippen LogP contribution in [0.15, 0.2) is 22.7 Å². The van der Waals surface area contributed by atoms with Crippen molar-refractivity contribution in [2.24, 2.45) is 5.41 Å². The lowest BCUT2D eigenvalue weighted by atomic mass is 9.78. The average Bonchev–Trinajstić information content (AvgIpc) is 2.99. The Morgan fingerprint density at radius 3 is 2.52 bits per heavy atom. The molecule has 0 N–H and O–H groups in total. The van der Waals surface area contributed by atoms with Crippen molar-refractivity contribution in [3.05, 3.63) is 28.2 Å². The van der Waals surface area contributed by atoms with Gasteiger partial charge >= 0.3 is 5.97 Å². The van der Waals surface area contributed by atoms with Gasteiger partial charge in [0.05, 0.1) is 25.7 Å². The molecule has 0 radical (unpaired) electrons. The number of rotatable bonds is 3. The molecule has 1 aromatic rings. The lowest BCUT2D eigenvalue weighted by molar-refractivity contribution is -0.165. The Morgan fingerprint density at radius 2 is 1.90 bits per heavy atom. The number of carbonyl (C=O) groups excluding carboxylic acids is 3. The molecule has 4 atom stereocenters. The molecule has 0 aliphatic carbocycles. The van der Waals surface area contributed by atoms with Crippen molar-refractivity contribution in [3.63, 3.8) is 0 Å². The van der Waals surface area contributed by atoms with Crippen LogP contribution < -0.4 is 4.74 Å². The first kappa shape index (κ1) is 20.9. The molecule has 29 heavy (non-hydrogen) atoms. The highest BCUT2D eigenvalue weighted by atomic mass is 79.9. The number of piperazine rings is 1. The molecular formula is C19H21BrN2O5S2. The largest absolute Gasteiger partial charge is 0.496 e. The number of benzene rings is 1. The second kappa shape index (κ2) is 6.55. The van der Waals surface area contributed by atoms with Crippen molar-refractivity contribution in [3.8, 4) is 5.75 Å². The summed E-state index contributed by atoms with van der Waals surface area (Å²) in [6.45, 7) is 3.51. The van der Waals surface area contributed by atoms with Gasteiger partial charge in [-0.15, -0.1) is 0 Å². The monoisotopic (exact) mass is 500 g/mol. The van der Waals surface area contributed by atoms with Gasteiger partial charge in [-0.3, -0.25) is 14.4 Å². The summed E-state index contributed by atoms with van der Waals surface area (Å²) in [5.74, 6) is -0.281. The zero-order valence-electron chi connectivity index (χ0n) is 16.6. The van der Waals surface area contributed by atoms with Gasteiger partial charge in [-0.1, -0.05) is 37.5 Å². The van der Waals surface area contributed by atoms with E-state index >= 15 is 0 Å². The molecule has 0 aromatic heterocycles. The Morgan fingerprint density at radius 1 is 1.21 bits per heavy atom. The minimum Gasteiger partial charge on any atom is -0.496 e. The van der Waals surface area contributed by atoms with E-state index in [1.807, 2.05) is 12.1 Å². The highest BCUT2D eigenvalue weighted by molar-refractivity contribution is 9.10. The average molecular weight is 501 g/mol. The molecule has 2 bridgehead atoms. The minimum absolute atomic E-state index is 0.162. The predicted molar refractivity (Wildman–Crippen MR) is 114 cm³/mol. The smallest absolute Gasteiger partial charge is 0.314 e. The molecular weight excluding hydrogens is 480 g/mol. The van der Waals surface area contributed by atoms with Crippen molar-refractivity contribution in [1.82, 2.24) is 9.80 Å². The molecule has 5 rings (SSSR count). The van der Waals surface area contributed by atoms with Crippen LogP contribution in [-0.4, -0.2) is 58.6 Å². The van der Waals surface area contributed by atoms with Crippen LogP contribution in [0.5, 0.6) is 5.75 Å². The van der Waals surface area contributed by atoms with E-state index in [9.17, 15) is 14.4 Å². The van der Waals surface area contributed by atoms with Gasteiger partial charge in [-0.2, -0.15) is 0 Å². The molecule has 4 aliphatic heterocycles. The van der Waals surface area contributed by atoms with E-state index in [1.165, 1.54) is 33.6 Å². The maximum Gasteiger partial charge on any atom is 0.314 e. The van der Waals surface area contributed by atoms with E-state index in [-0.39, 0.29) is 18.2 Å². The van der Waals surface area contributed by atoms with Gasteiger partial charge in [0.1, 0.15) is 5.75 Å². The Kier molecular flexibility index (Phi) is 4.71. The summed E-state index contributed by atoms with van der Waals surface area (Å²) in [5, 5.41) is 0. The van der Waals surface area contributed by atoms with E-state index in [2.05, 4.69) is 15.9 Å². The number of hydrogen-bond donors (Lipinski definition) is 0. The molecule has 2 amide bonds. The van der Waals surface area contributed by atoms with Crippen molar-refractivity contribution >= 4 is 55.3 Å². The van der Waals surface area contributed by atoms with Gasteiger partial charge in [0.15, 0.2) is 9.74 Å². The first-order valence-corrected chi connectivity index (χ1v) is 11.9. The Balaban J connectivity index is 2.00. The van der Waals surface area contributed by atoms with E-state index in [0.717, 1.165) is 4.47 Å². The molecule has 4 heterocycles. The van der Waals surface area contributed by atoms with Crippen LogP contribution in [0.1, 0.15) is 31.9 Å². The second-order valence-corrected chi connectivity index (χ2v) is 11.6. The van der Waals surface area contributed by atoms with Crippen molar-refractivity contribution in [2.75, 3.05) is 21.3 Å². The molecule has 7 nitrogen and oxygen atoms in total. The third kappa shape index (κ3) is 2.48. The number of likely N-dealkylation sites (N-methyl/N-ethyl adjacent to an activating group) is 1. The molecule has 4 fully saturated rings. The normalized spacial score (nSPS) is 35.7. The number of carbonyl (C=O) groups is 3. The molecule has 0 saturated carbocycles. The molecule has 10 heteroatoms. The number of amides is 2. The molecule has 2 unspecified atom stereocenters. The standard InChI is InChI=1S/C19H21BrN2O5S2/c1-17(16(25)27-5)9-19-15(24)21(3)18(2,28-29-19)14(23)22(19)13(17)11-8-10(20)6-7-12(11)26-4/h6-8,13H,9H2,1-5H3/t13?,17-,18?,19-/m0/s1. The third-order valence-electron chi connectivity index (χ3n) is 6.23. The quantitative estimate of drug-likeness (QED) is 0.465.